The van der Waals surface area contributed by atoms with Crippen LogP contribution in [0.3, 0.4) is 0 Å². The maximum atomic E-state index is 12.3. The molecule has 0 aliphatic carbocycles. The van der Waals surface area contributed by atoms with Crippen LogP contribution in [-0.2, 0) is 0 Å². The van der Waals surface area contributed by atoms with Gasteiger partial charge in [-0.2, -0.15) is 0 Å². The molecule has 0 saturated heterocycles. The summed E-state index contributed by atoms with van der Waals surface area (Å²) in [6.45, 7) is 2.61. The summed E-state index contributed by atoms with van der Waals surface area (Å²) in [5, 5.41) is 6.57. The summed E-state index contributed by atoms with van der Waals surface area (Å²) in [6.07, 6.45) is 0.895. The fourth-order valence-electron chi connectivity index (χ4n) is 1.91. The number of halogens is 2. The summed E-state index contributed by atoms with van der Waals surface area (Å²) in [4.78, 5) is 12.3. The van der Waals surface area contributed by atoms with Crippen molar-refractivity contribution in [2.45, 2.75) is 13.3 Å². The molecule has 1 amide bonds. The van der Waals surface area contributed by atoms with Crippen molar-refractivity contribution >= 4 is 52.1 Å². The van der Waals surface area contributed by atoms with Gasteiger partial charge in [0.2, 0.25) is 0 Å². The van der Waals surface area contributed by atoms with Crippen molar-refractivity contribution in [2.75, 3.05) is 11.9 Å². The first-order valence-corrected chi connectivity index (χ1v) is 8.45. The van der Waals surface area contributed by atoms with E-state index >= 15 is 0 Å². The molecule has 0 aliphatic heterocycles. The van der Waals surface area contributed by atoms with Gasteiger partial charge in [-0.1, -0.05) is 36.2 Å². The lowest BCUT2D eigenvalue weighted by atomic mass is 10.2. The Balaban J connectivity index is 1.99. The average Bonchev–Trinajstić information content (AvgIpc) is 2.52. The molecule has 0 unspecified atom stereocenters. The van der Waals surface area contributed by atoms with Gasteiger partial charge in [0.25, 0.3) is 5.91 Å². The fraction of sp³-hybridized carbons (Fsp3) is 0.176. The molecule has 0 aromatic heterocycles. The number of amides is 1. The fourth-order valence-corrected chi connectivity index (χ4v) is 2.65. The molecule has 0 fully saturated rings. The standard InChI is InChI=1S/C17H16Cl2N2O2S/c1-2-6-23-15-5-3-4-11(7-15)16(22)21-17(24)20-14-9-12(18)8-13(19)10-14/h3-5,7-10H,2,6H2,1H3,(H2,20,21,22,24). The van der Waals surface area contributed by atoms with Gasteiger partial charge in [-0.25, -0.2) is 0 Å². The van der Waals surface area contributed by atoms with Gasteiger partial charge < -0.3 is 10.1 Å². The number of carbonyl (C=O) groups excluding carboxylic acids is 1. The minimum atomic E-state index is -0.331. The van der Waals surface area contributed by atoms with Crippen LogP contribution in [0.2, 0.25) is 10.0 Å². The van der Waals surface area contributed by atoms with Gasteiger partial charge in [0, 0.05) is 21.3 Å². The molecule has 7 heteroatoms. The number of nitrogens with one attached hydrogen (secondary N) is 2. The highest BCUT2D eigenvalue weighted by Gasteiger charge is 2.09. The van der Waals surface area contributed by atoms with E-state index in [0.717, 1.165) is 6.42 Å². The van der Waals surface area contributed by atoms with Gasteiger partial charge >= 0.3 is 0 Å². The minimum absolute atomic E-state index is 0.151. The average molecular weight is 383 g/mol. The van der Waals surface area contributed by atoms with Gasteiger partial charge in [-0.15, -0.1) is 0 Å². The lowest BCUT2D eigenvalue weighted by Gasteiger charge is -2.11. The van der Waals surface area contributed by atoms with Crippen molar-refractivity contribution in [3.05, 3.63) is 58.1 Å². The number of hydrogen-bond donors (Lipinski definition) is 2. The molecule has 0 spiro atoms. The van der Waals surface area contributed by atoms with Crippen LogP contribution in [0.1, 0.15) is 23.7 Å². The number of benzene rings is 2. The van der Waals surface area contributed by atoms with Gasteiger partial charge in [0.1, 0.15) is 5.75 Å². The largest absolute Gasteiger partial charge is 0.494 e. The molecular weight excluding hydrogens is 367 g/mol. The Labute approximate surface area is 156 Å². The van der Waals surface area contributed by atoms with Crippen LogP contribution in [0.25, 0.3) is 0 Å². The molecule has 0 atom stereocenters. The monoisotopic (exact) mass is 382 g/mol. The van der Waals surface area contributed by atoms with Crippen LogP contribution in [0.15, 0.2) is 42.5 Å². The summed E-state index contributed by atoms with van der Waals surface area (Å²) in [5.41, 5.74) is 1.05. The first-order chi connectivity index (χ1) is 11.5. The second kappa shape index (κ2) is 8.87. The van der Waals surface area contributed by atoms with Crippen LogP contribution in [0.4, 0.5) is 5.69 Å². The van der Waals surface area contributed by atoms with Crippen LogP contribution in [0, 0.1) is 0 Å². The van der Waals surface area contributed by atoms with Crippen molar-refractivity contribution < 1.29 is 9.53 Å². The molecule has 0 bridgehead atoms. The van der Waals surface area contributed by atoms with E-state index in [9.17, 15) is 4.79 Å². The molecule has 2 rings (SSSR count). The third kappa shape index (κ3) is 5.67. The Morgan fingerprint density at radius 3 is 2.54 bits per heavy atom. The maximum absolute atomic E-state index is 12.3. The van der Waals surface area contributed by atoms with Gasteiger partial charge in [-0.3, -0.25) is 10.1 Å². The van der Waals surface area contributed by atoms with Crippen LogP contribution in [0.5, 0.6) is 5.75 Å². The summed E-state index contributed by atoms with van der Waals surface area (Å²) < 4.78 is 5.52. The third-order valence-electron chi connectivity index (χ3n) is 2.92. The Hall–Kier alpha value is -1.82. The van der Waals surface area contributed by atoms with E-state index in [2.05, 4.69) is 10.6 Å². The summed E-state index contributed by atoms with van der Waals surface area (Å²) in [6, 6.07) is 11.8. The molecule has 0 saturated carbocycles. The topological polar surface area (TPSA) is 50.4 Å². The normalized spacial score (nSPS) is 10.1. The zero-order valence-corrected chi connectivity index (χ0v) is 15.3. The number of ether oxygens (including phenoxy) is 1. The number of hydrogen-bond acceptors (Lipinski definition) is 3. The zero-order valence-electron chi connectivity index (χ0n) is 12.9. The highest BCUT2D eigenvalue weighted by molar-refractivity contribution is 7.80. The first kappa shape index (κ1) is 18.5. The molecule has 0 radical (unpaired) electrons. The quantitative estimate of drug-likeness (QED) is 0.721. The number of thiocarbonyl (C=S) groups is 1. The van der Waals surface area contributed by atoms with Crippen molar-refractivity contribution in [1.29, 1.82) is 0 Å². The number of anilines is 1. The molecule has 2 aromatic carbocycles. The summed E-state index contributed by atoms with van der Waals surface area (Å²) in [7, 11) is 0. The summed E-state index contributed by atoms with van der Waals surface area (Å²) in [5.74, 6) is 0.313. The van der Waals surface area contributed by atoms with E-state index in [1.165, 1.54) is 0 Å². The van der Waals surface area contributed by atoms with Crippen molar-refractivity contribution in [2.24, 2.45) is 0 Å². The van der Waals surface area contributed by atoms with E-state index in [-0.39, 0.29) is 11.0 Å². The Morgan fingerprint density at radius 1 is 1.17 bits per heavy atom. The van der Waals surface area contributed by atoms with E-state index in [0.29, 0.717) is 33.7 Å². The van der Waals surface area contributed by atoms with Crippen LogP contribution >= 0.6 is 35.4 Å². The third-order valence-corrected chi connectivity index (χ3v) is 3.56. The highest BCUT2D eigenvalue weighted by Crippen LogP contribution is 2.22. The molecule has 126 valence electrons. The highest BCUT2D eigenvalue weighted by atomic mass is 35.5. The van der Waals surface area contributed by atoms with E-state index < -0.39 is 0 Å². The van der Waals surface area contributed by atoms with Crippen LogP contribution < -0.4 is 15.4 Å². The van der Waals surface area contributed by atoms with Gasteiger partial charge in [0.15, 0.2) is 5.11 Å². The van der Waals surface area contributed by atoms with Gasteiger partial charge in [-0.05, 0) is 55.0 Å². The van der Waals surface area contributed by atoms with E-state index in [1.54, 1.807) is 42.5 Å². The van der Waals surface area contributed by atoms with Crippen molar-refractivity contribution in [1.82, 2.24) is 5.32 Å². The zero-order chi connectivity index (χ0) is 17.5. The molecule has 0 heterocycles. The second-order valence-corrected chi connectivity index (χ2v) is 6.22. The molecule has 2 N–H and O–H groups in total. The Morgan fingerprint density at radius 2 is 1.88 bits per heavy atom. The molecule has 0 aliphatic rings. The second-order valence-electron chi connectivity index (χ2n) is 4.94. The van der Waals surface area contributed by atoms with Crippen LogP contribution in [-0.4, -0.2) is 17.6 Å². The number of rotatable bonds is 5. The Kier molecular flexibility index (Phi) is 6.85. The molecule has 2 aromatic rings. The molecule has 4 nitrogen and oxygen atoms in total. The lowest BCUT2D eigenvalue weighted by molar-refractivity contribution is 0.0977. The summed E-state index contributed by atoms with van der Waals surface area (Å²) >= 11 is 17.0. The SMILES string of the molecule is CCCOc1cccc(C(=O)NC(=S)Nc2cc(Cl)cc(Cl)c2)c1. The smallest absolute Gasteiger partial charge is 0.257 e. The van der Waals surface area contributed by atoms with Gasteiger partial charge in [0.05, 0.1) is 6.61 Å². The van der Waals surface area contributed by atoms with Crippen molar-refractivity contribution in [3.8, 4) is 5.75 Å². The minimum Gasteiger partial charge on any atom is -0.494 e. The van der Waals surface area contributed by atoms with E-state index in [1.807, 2.05) is 6.92 Å². The van der Waals surface area contributed by atoms with E-state index in [4.69, 9.17) is 40.2 Å². The first-order valence-electron chi connectivity index (χ1n) is 7.29. The predicted octanol–water partition coefficient (Wildman–Crippen LogP) is 4.91. The number of carbonyl (C=O) groups is 1. The predicted molar refractivity (Wildman–Crippen MR) is 102 cm³/mol. The molecular formula is C17H16Cl2N2O2S. The Bertz CT molecular complexity index is 733. The lowest BCUT2D eigenvalue weighted by Crippen LogP contribution is -2.34. The maximum Gasteiger partial charge on any atom is 0.257 e. The molecule has 24 heavy (non-hydrogen) atoms. The van der Waals surface area contributed by atoms with Crippen molar-refractivity contribution in [3.63, 3.8) is 0 Å².